The molecule has 0 amide bonds. The van der Waals surface area contributed by atoms with Crippen molar-refractivity contribution in [2.45, 2.75) is 39.3 Å². The SMILES string of the molecule is CC(C)c1nc(COc2ccc([C@H](C)N)cc2F)no1. The van der Waals surface area contributed by atoms with Crippen LogP contribution in [-0.4, -0.2) is 10.1 Å². The molecule has 1 heterocycles. The number of hydrogen-bond acceptors (Lipinski definition) is 5. The van der Waals surface area contributed by atoms with Gasteiger partial charge in [-0.15, -0.1) is 0 Å². The van der Waals surface area contributed by atoms with Gasteiger partial charge in [-0.1, -0.05) is 25.1 Å². The van der Waals surface area contributed by atoms with Crippen molar-refractivity contribution < 1.29 is 13.7 Å². The lowest BCUT2D eigenvalue weighted by molar-refractivity contribution is 0.272. The maximum atomic E-state index is 13.8. The van der Waals surface area contributed by atoms with Crippen LogP contribution >= 0.6 is 0 Å². The topological polar surface area (TPSA) is 74.2 Å². The molecular formula is C14H18FN3O2. The largest absolute Gasteiger partial charge is 0.482 e. The summed E-state index contributed by atoms with van der Waals surface area (Å²) in [6.07, 6.45) is 0. The van der Waals surface area contributed by atoms with E-state index in [1.807, 2.05) is 13.8 Å². The molecule has 20 heavy (non-hydrogen) atoms. The number of nitrogens with zero attached hydrogens (tertiary/aromatic N) is 2. The molecule has 1 aromatic carbocycles. The summed E-state index contributed by atoms with van der Waals surface area (Å²) in [4.78, 5) is 4.16. The maximum Gasteiger partial charge on any atom is 0.229 e. The van der Waals surface area contributed by atoms with Crippen LogP contribution in [0.2, 0.25) is 0 Å². The molecule has 2 aromatic rings. The minimum absolute atomic E-state index is 0.0602. The Kier molecular flexibility index (Phi) is 4.34. The van der Waals surface area contributed by atoms with Gasteiger partial charge in [0.15, 0.2) is 18.2 Å². The number of ether oxygens (including phenoxy) is 1. The highest BCUT2D eigenvalue weighted by Crippen LogP contribution is 2.22. The summed E-state index contributed by atoms with van der Waals surface area (Å²) in [6.45, 7) is 5.75. The van der Waals surface area contributed by atoms with Gasteiger partial charge in [-0.2, -0.15) is 4.98 Å². The zero-order valence-electron chi connectivity index (χ0n) is 11.8. The van der Waals surface area contributed by atoms with Crippen molar-refractivity contribution in [3.8, 4) is 5.75 Å². The van der Waals surface area contributed by atoms with Crippen LogP contribution in [-0.2, 0) is 6.61 Å². The first-order chi connectivity index (χ1) is 9.47. The third-order valence-electron chi connectivity index (χ3n) is 2.82. The van der Waals surface area contributed by atoms with Crippen LogP contribution in [0.3, 0.4) is 0 Å². The Morgan fingerprint density at radius 2 is 2.10 bits per heavy atom. The van der Waals surface area contributed by atoms with E-state index in [-0.39, 0.29) is 24.3 Å². The van der Waals surface area contributed by atoms with E-state index in [9.17, 15) is 4.39 Å². The summed E-state index contributed by atoms with van der Waals surface area (Å²) in [5.74, 6) is 0.775. The fourth-order valence-electron chi connectivity index (χ4n) is 1.62. The van der Waals surface area contributed by atoms with E-state index < -0.39 is 5.82 Å². The third kappa shape index (κ3) is 3.33. The van der Waals surface area contributed by atoms with Crippen LogP contribution in [0.25, 0.3) is 0 Å². The first kappa shape index (κ1) is 14.5. The first-order valence-electron chi connectivity index (χ1n) is 6.47. The summed E-state index contributed by atoms with van der Waals surface area (Å²) in [5.41, 5.74) is 6.41. The van der Waals surface area contributed by atoms with Gasteiger partial charge in [0.1, 0.15) is 0 Å². The monoisotopic (exact) mass is 279 g/mol. The number of rotatable bonds is 5. The lowest BCUT2D eigenvalue weighted by Crippen LogP contribution is -2.06. The molecule has 0 saturated heterocycles. The van der Waals surface area contributed by atoms with Crippen molar-refractivity contribution in [2.75, 3.05) is 0 Å². The first-order valence-corrected chi connectivity index (χ1v) is 6.47. The molecule has 0 radical (unpaired) electrons. The number of aromatic nitrogens is 2. The van der Waals surface area contributed by atoms with Crippen molar-refractivity contribution in [2.24, 2.45) is 5.73 Å². The predicted molar refractivity (Wildman–Crippen MR) is 71.7 cm³/mol. The second-order valence-corrected chi connectivity index (χ2v) is 4.97. The van der Waals surface area contributed by atoms with Crippen LogP contribution in [0.1, 0.15) is 50.0 Å². The summed E-state index contributed by atoms with van der Waals surface area (Å²) in [6, 6.07) is 4.44. The summed E-state index contributed by atoms with van der Waals surface area (Å²) < 4.78 is 24.2. The second kappa shape index (κ2) is 6.00. The Balaban J connectivity index is 2.03. The highest BCUT2D eigenvalue weighted by atomic mass is 19.1. The molecule has 0 fully saturated rings. The predicted octanol–water partition coefficient (Wildman–Crippen LogP) is 2.93. The molecule has 0 unspecified atom stereocenters. The molecule has 2 rings (SSSR count). The van der Waals surface area contributed by atoms with E-state index in [0.717, 1.165) is 5.56 Å². The fourth-order valence-corrected chi connectivity index (χ4v) is 1.62. The van der Waals surface area contributed by atoms with Crippen molar-refractivity contribution in [1.29, 1.82) is 0 Å². The van der Waals surface area contributed by atoms with Crippen LogP contribution in [0.4, 0.5) is 4.39 Å². The van der Waals surface area contributed by atoms with Gasteiger partial charge >= 0.3 is 0 Å². The Morgan fingerprint density at radius 1 is 1.35 bits per heavy atom. The standard InChI is InChI=1S/C14H18FN3O2/c1-8(2)14-17-13(18-20-14)7-19-12-5-4-10(9(3)16)6-11(12)15/h4-6,8-9H,7,16H2,1-3H3/t9-/m0/s1. The van der Waals surface area contributed by atoms with E-state index in [0.29, 0.717) is 11.7 Å². The average molecular weight is 279 g/mol. The zero-order valence-corrected chi connectivity index (χ0v) is 11.8. The lowest BCUT2D eigenvalue weighted by Gasteiger charge is -2.09. The van der Waals surface area contributed by atoms with Crippen LogP contribution in [0, 0.1) is 5.82 Å². The van der Waals surface area contributed by atoms with E-state index in [1.54, 1.807) is 19.1 Å². The quantitative estimate of drug-likeness (QED) is 0.910. The molecule has 0 aliphatic carbocycles. The van der Waals surface area contributed by atoms with Gasteiger partial charge in [-0.3, -0.25) is 0 Å². The van der Waals surface area contributed by atoms with Gasteiger partial charge in [-0.25, -0.2) is 4.39 Å². The number of benzene rings is 1. The van der Waals surface area contributed by atoms with Crippen molar-refractivity contribution in [3.05, 3.63) is 41.3 Å². The molecule has 6 heteroatoms. The third-order valence-corrected chi connectivity index (χ3v) is 2.82. The van der Waals surface area contributed by atoms with Crippen LogP contribution in [0.5, 0.6) is 5.75 Å². The van der Waals surface area contributed by atoms with Gasteiger partial charge in [0, 0.05) is 12.0 Å². The number of nitrogens with two attached hydrogens (primary N) is 1. The van der Waals surface area contributed by atoms with Crippen LogP contribution < -0.4 is 10.5 Å². The maximum absolute atomic E-state index is 13.8. The molecule has 2 N–H and O–H groups in total. The lowest BCUT2D eigenvalue weighted by atomic mass is 10.1. The molecule has 1 atom stereocenters. The minimum atomic E-state index is -0.452. The Labute approximate surface area is 116 Å². The van der Waals surface area contributed by atoms with Gasteiger partial charge in [0.25, 0.3) is 0 Å². The number of hydrogen-bond donors (Lipinski definition) is 1. The van der Waals surface area contributed by atoms with Gasteiger partial charge in [0.2, 0.25) is 11.7 Å². The number of halogens is 1. The van der Waals surface area contributed by atoms with Crippen molar-refractivity contribution in [3.63, 3.8) is 0 Å². The molecule has 108 valence electrons. The fraction of sp³-hybridized carbons (Fsp3) is 0.429. The normalized spacial score (nSPS) is 12.7. The molecule has 0 aliphatic heterocycles. The van der Waals surface area contributed by atoms with Gasteiger partial charge in [0.05, 0.1) is 0 Å². The zero-order chi connectivity index (χ0) is 14.7. The van der Waals surface area contributed by atoms with E-state index >= 15 is 0 Å². The molecule has 0 saturated carbocycles. The Hall–Kier alpha value is -1.95. The van der Waals surface area contributed by atoms with Crippen molar-refractivity contribution >= 4 is 0 Å². The molecule has 0 aliphatic rings. The molecule has 0 spiro atoms. The molecule has 1 aromatic heterocycles. The van der Waals surface area contributed by atoms with Gasteiger partial charge in [-0.05, 0) is 24.6 Å². The Bertz CT molecular complexity index is 582. The molecular weight excluding hydrogens is 261 g/mol. The Morgan fingerprint density at radius 3 is 2.65 bits per heavy atom. The molecule has 5 nitrogen and oxygen atoms in total. The summed E-state index contributed by atoms with van der Waals surface area (Å²) >= 11 is 0. The smallest absolute Gasteiger partial charge is 0.229 e. The average Bonchev–Trinajstić information content (AvgIpc) is 2.86. The van der Waals surface area contributed by atoms with Gasteiger partial charge < -0.3 is 15.0 Å². The summed E-state index contributed by atoms with van der Waals surface area (Å²) in [7, 11) is 0. The van der Waals surface area contributed by atoms with E-state index in [4.69, 9.17) is 15.0 Å². The minimum Gasteiger partial charge on any atom is -0.482 e. The highest BCUT2D eigenvalue weighted by molar-refractivity contribution is 5.30. The molecule has 0 bridgehead atoms. The van der Waals surface area contributed by atoms with E-state index in [2.05, 4.69) is 10.1 Å². The van der Waals surface area contributed by atoms with E-state index in [1.165, 1.54) is 6.07 Å². The van der Waals surface area contributed by atoms with Crippen molar-refractivity contribution in [1.82, 2.24) is 10.1 Å². The summed E-state index contributed by atoms with van der Waals surface area (Å²) in [5, 5.41) is 3.77. The van der Waals surface area contributed by atoms with Crippen LogP contribution in [0.15, 0.2) is 22.7 Å². The second-order valence-electron chi connectivity index (χ2n) is 4.97. The highest BCUT2D eigenvalue weighted by Gasteiger charge is 2.12.